The van der Waals surface area contributed by atoms with Crippen molar-refractivity contribution in [1.82, 2.24) is 10.4 Å². The Labute approximate surface area is 268 Å². The highest BCUT2D eigenvalue weighted by molar-refractivity contribution is 6.34. The number of amides is 1. The summed E-state index contributed by atoms with van der Waals surface area (Å²) in [5.74, 6) is 1.52. The van der Waals surface area contributed by atoms with Crippen LogP contribution in [0.1, 0.15) is 33.3 Å². The molecule has 2 N–H and O–H groups in total. The zero-order chi connectivity index (χ0) is 32.2. The lowest BCUT2D eigenvalue weighted by atomic mass is 10.0. The Hall–Kier alpha value is -5.68. The van der Waals surface area contributed by atoms with E-state index in [9.17, 15) is 9.59 Å². The van der Waals surface area contributed by atoms with Crippen LogP contribution in [0.5, 0.6) is 34.5 Å². The van der Waals surface area contributed by atoms with Crippen molar-refractivity contribution in [2.45, 2.75) is 6.92 Å². The molecule has 4 aromatic carbocycles. The minimum absolute atomic E-state index is 0.0968. The Bertz CT molecular complexity index is 1990. The van der Waals surface area contributed by atoms with Crippen molar-refractivity contribution in [2.24, 2.45) is 5.10 Å². The highest BCUT2D eigenvalue weighted by atomic mass is 35.5. The molecule has 2 heterocycles. The fourth-order valence-corrected chi connectivity index (χ4v) is 5.28. The van der Waals surface area contributed by atoms with Gasteiger partial charge >= 0.3 is 5.97 Å². The Morgan fingerprint density at radius 1 is 0.935 bits per heavy atom. The molecule has 1 aliphatic heterocycles. The van der Waals surface area contributed by atoms with Crippen LogP contribution in [0.2, 0.25) is 5.02 Å². The van der Waals surface area contributed by atoms with Crippen LogP contribution >= 0.6 is 11.6 Å². The standard InChI is InChI=1S/C34H28ClN3O8/c1-4-43-27-15-19(9-11-24(27)46-34(40)20-10-12-23-28(16-20)45-18-44-23)17-36-38-33(39)32-29(21-7-5-6-8-22(21)35)30-25(41-2)13-14-26(42-3)31(30)37-32/h5-17,37H,4,18H2,1-3H3,(H,38,39). The maximum atomic E-state index is 13.6. The number of aromatic nitrogens is 1. The molecule has 12 heteroatoms. The number of aromatic amines is 1. The number of hydrazone groups is 1. The van der Waals surface area contributed by atoms with Crippen LogP contribution in [0.4, 0.5) is 0 Å². The summed E-state index contributed by atoms with van der Waals surface area (Å²) >= 11 is 6.59. The molecule has 0 fully saturated rings. The van der Waals surface area contributed by atoms with Crippen LogP contribution in [0.3, 0.4) is 0 Å². The predicted octanol–water partition coefficient (Wildman–Crippen LogP) is 6.62. The van der Waals surface area contributed by atoms with Crippen LogP contribution in [0.15, 0.2) is 77.9 Å². The maximum Gasteiger partial charge on any atom is 0.343 e. The lowest BCUT2D eigenvalue weighted by Crippen LogP contribution is -2.19. The molecule has 46 heavy (non-hydrogen) atoms. The zero-order valence-electron chi connectivity index (χ0n) is 25.0. The van der Waals surface area contributed by atoms with Gasteiger partial charge in [-0.3, -0.25) is 4.79 Å². The number of rotatable bonds is 10. The van der Waals surface area contributed by atoms with Gasteiger partial charge in [-0.2, -0.15) is 5.10 Å². The number of fused-ring (bicyclic) bond motifs is 2. The van der Waals surface area contributed by atoms with E-state index in [2.05, 4.69) is 15.5 Å². The van der Waals surface area contributed by atoms with Crippen molar-refractivity contribution in [2.75, 3.05) is 27.6 Å². The Morgan fingerprint density at radius 2 is 1.70 bits per heavy atom. The molecule has 234 valence electrons. The first-order valence-corrected chi connectivity index (χ1v) is 14.5. The van der Waals surface area contributed by atoms with Crippen LogP contribution in [-0.2, 0) is 0 Å². The molecule has 0 radical (unpaired) electrons. The molecule has 0 bridgehead atoms. The molecule has 1 aromatic heterocycles. The molecule has 0 saturated heterocycles. The van der Waals surface area contributed by atoms with E-state index in [1.54, 1.807) is 68.8 Å². The van der Waals surface area contributed by atoms with Crippen molar-refractivity contribution in [3.8, 4) is 45.6 Å². The second kappa shape index (κ2) is 13.1. The van der Waals surface area contributed by atoms with Gasteiger partial charge in [-0.15, -0.1) is 0 Å². The van der Waals surface area contributed by atoms with Gasteiger partial charge in [0.25, 0.3) is 5.91 Å². The number of methoxy groups -OCH3 is 2. The number of esters is 1. The summed E-state index contributed by atoms with van der Waals surface area (Å²) < 4.78 is 33.2. The molecule has 1 amide bonds. The summed E-state index contributed by atoms with van der Waals surface area (Å²) in [6.07, 6.45) is 1.45. The number of carbonyl (C=O) groups is 2. The van der Waals surface area contributed by atoms with Gasteiger partial charge in [-0.25, -0.2) is 10.2 Å². The summed E-state index contributed by atoms with van der Waals surface area (Å²) in [7, 11) is 3.09. The lowest BCUT2D eigenvalue weighted by molar-refractivity contribution is 0.0727. The normalized spacial score (nSPS) is 11.9. The molecule has 1 aliphatic rings. The lowest BCUT2D eigenvalue weighted by Gasteiger charge is -2.11. The SMILES string of the molecule is CCOc1cc(C=NNC(=O)c2[nH]c3c(OC)ccc(OC)c3c2-c2ccccc2Cl)ccc1OC(=O)c1ccc2c(c1)OCO2. The van der Waals surface area contributed by atoms with E-state index in [1.807, 2.05) is 25.1 Å². The highest BCUT2D eigenvalue weighted by Gasteiger charge is 2.25. The smallest absolute Gasteiger partial charge is 0.343 e. The van der Waals surface area contributed by atoms with Gasteiger partial charge in [0.2, 0.25) is 6.79 Å². The van der Waals surface area contributed by atoms with E-state index >= 15 is 0 Å². The largest absolute Gasteiger partial charge is 0.496 e. The van der Waals surface area contributed by atoms with Crippen molar-refractivity contribution >= 4 is 40.6 Å². The summed E-state index contributed by atoms with van der Waals surface area (Å²) in [4.78, 5) is 29.6. The van der Waals surface area contributed by atoms with Crippen LogP contribution in [0.25, 0.3) is 22.0 Å². The Balaban J connectivity index is 1.26. The van der Waals surface area contributed by atoms with Crippen molar-refractivity contribution in [3.63, 3.8) is 0 Å². The van der Waals surface area contributed by atoms with Gasteiger partial charge in [0.05, 0.1) is 43.5 Å². The number of nitrogens with one attached hydrogen (secondary N) is 2. The number of halogens is 1. The topological polar surface area (TPSA) is 130 Å². The molecule has 11 nitrogen and oxygen atoms in total. The number of ether oxygens (including phenoxy) is 6. The van der Waals surface area contributed by atoms with Gasteiger partial charge in [-0.05, 0) is 67.1 Å². The van der Waals surface area contributed by atoms with E-state index in [0.29, 0.717) is 73.5 Å². The summed E-state index contributed by atoms with van der Waals surface area (Å²) in [6, 6.07) is 20.4. The molecule has 0 spiro atoms. The van der Waals surface area contributed by atoms with Crippen LogP contribution in [-0.4, -0.2) is 50.7 Å². The van der Waals surface area contributed by atoms with Crippen molar-refractivity contribution < 1.29 is 38.0 Å². The van der Waals surface area contributed by atoms with E-state index < -0.39 is 11.9 Å². The third-order valence-corrected chi connectivity index (χ3v) is 7.48. The molecule has 0 unspecified atom stereocenters. The highest BCUT2D eigenvalue weighted by Crippen LogP contribution is 2.44. The molecular weight excluding hydrogens is 614 g/mol. The average Bonchev–Trinajstić information content (AvgIpc) is 3.71. The number of hydrogen-bond acceptors (Lipinski definition) is 9. The fraction of sp³-hybridized carbons (Fsp3) is 0.147. The summed E-state index contributed by atoms with van der Waals surface area (Å²) in [6.45, 7) is 2.23. The van der Waals surface area contributed by atoms with Gasteiger partial charge < -0.3 is 33.4 Å². The summed E-state index contributed by atoms with van der Waals surface area (Å²) in [5.41, 5.74) is 5.40. The van der Waals surface area contributed by atoms with Crippen LogP contribution < -0.4 is 33.8 Å². The second-order valence-electron chi connectivity index (χ2n) is 9.87. The van der Waals surface area contributed by atoms with Crippen molar-refractivity contribution in [1.29, 1.82) is 0 Å². The Morgan fingerprint density at radius 3 is 2.48 bits per heavy atom. The summed E-state index contributed by atoms with van der Waals surface area (Å²) in [5, 5.41) is 5.26. The molecule has 0 aliphatic carbocycles. The molecule has 6 rings (SSSR count). The third-order valence-electron chi connectivity index (χ3n) is 7.15. The number of carbonyl (C=O) groups excluding carboxylic acids is 2. The third kappa shape index (κ3) is 5.87. The predicted molar refractivity (Wildman–Crippen MR) is 172 cm³/mol. The minimum Gasteiger partial charge on any atom is -0.496 e. The van der Waals surface area contributed by atoms with Crippen molar-refractivity contribution in [3.05, 3.63) is 94.6 Å². The fourth-order valence-electron chi connectivity index (χ4n) is 5.05. The molecule has 5 aromatic rings. The maximum absolute atomic E-state index is 13.6. The van der Waals surface area contributed by atoms with E-state index in [0.717, 1.165) is 0 Å². The second-order valence-corrected chi connectivity index (χ2v) is 10.3. The molecule has 0 atom stereocenters. The monoisotopic (exact) mass is 641 g/mol. The Kier molecular flexibility index (Phi) is 8.66. The van der Waals surface area contributed by atoms with E-state index in [-0.39, 0.29) is 18.2 Å². The quantitative estimate of drug-likeness (QED) is 0.0754. The van der Waals surface area contributed by atoms with Gasteiger partial charge in [0.15, 0.2) is 23.0 Å². The molecule has 0 saturated carbocycles. The average molecular weight is 642 g/mol. The van der Waals surface area contributed by atoms with Gasteiger partial charge in [0, 0.05) is 16.1 Å². The van der Waals surface area contributed by atoms with Gasteiger partial charge in [-0.1, -0.05) is 29.8 Å². The van der Waals surface area contributed by atoms with Crippen LogP contribution in [0, 0.1) is 0 Å². The minimum atomic E-state index is -0.589. The first-order chi connectivity index (χ1) is 22.4. The van der Waals surface area contributed by atoms with Gasteiger partial charge in [0.1, 0.15) is 17.2 Å². The first kappa shape index (κ1) is 30.4. The number of benzene rings is 4. The zero-order valence-corrected chi connectivity index (χ0v) is 25.8. The van der Waals surface area contributed by atoms with E-state index in [4.69, 9.17) is 40.0 Å². The number of hydrogen-bond donors (Lipinski definition) is 2. The number of H-pyrrole nitrogens is 1. The van der Waals surface area contributed by atoms with E-state index in [1.165, 1.54) is 6.21 Å². The molecular formula is C34H28ClN3O8. The first-order valence-electron chi connectivity index (χ1n) is 14.2. The number of nitrogens with zero attached hydrogens (tertiary/aromatic N) is 1.